The Morgan fingerprint density at radius 1 is 1.26 bits per heavy atom. The van der Waals surface area contributed by atoms with E-state index in [4.69, 9.17) is 9.47 Å². The van der Waals surface area contributed by atoms with Crippen molar-refractivity contribution < 1.29 is 22.3 Å². The van der Waals surface area contributed by atoms with Gasteiger partial charge in [0.05, 0.1) is 18.5 Å². The number of ether oxygens (including phenoxy) is 2. The van der Waals surface area contributed by atoms with Crippen molar-refractivity contribution in [1.29, 1.82) is 0 Å². The van der Waals surface area contributed by atoms with Gasteiger partial charge in [-0.05, 0) is 48.9 Å². The van der Waals surface area contributed by atoms with Crippen LogP contribution >= 0.6 is 0 Å². The van der Waals surface area contributed by atoms with Gasteiger partial charge in [0, 0.05) is 19.3 Å². The summed E-state index contributed by atoms with van der Waals surface area (Å²) < 4.78 is 51.2. The van der Waals surface area contributed by atoms with E-state index in [1.165, 1.54) is 12.1 Å². The quantitative estimate of drug-likeness (QED) is 0.857. The van der Waals surface area contributed by atoms with Gasteiger partial charge in [-0.15, -0.1) is 0 Å². The maximum Gasteiger partial charge on any atom is 0.214 e. The fourth-order valence-electron chi connectivity index (χ4n) is 3.15. The Balaban J connectivity index is 1.51. The summed E-state index contributed by atoms with van der Waals surface area (Å²) >= 11 is 0. The average molecular weight is 343 g/mol. The number of benzene rings is 1. The van der Waals surface area contributed by atoms with Gasteiger partial charge in [-0.3, -0.25) is 0 Å². The van der Waals surface area contributed by atoms with Gasteiger partial charge < -0.3 is 9.47 Å². The SMILES string of the molecule is O=S(=O)(CCOC1CCOCC1)NC1CCc2cc(F)ccc21. The van der Waals surface area contributed by atoms with Gasteiger partial charge in [0.15, 0.2) is 0 Å². The number of halogens is 1. The molecule has 0 saturated carbocycles. The van der Waals surface area contributed by atoms with E-state index in [1.54, 1.807) is 6.07 Å². The van der Waals surface area contributed by atoms with E-state index in [2.05, 4.69) is 4.72 Å². The van der Waals surface area contributed by atoms with Gasteiger partial charge in [-0.1, -0.05) is 6.07 Å². The third kappa shape index (κ3) is 4.50. The standard InChI is InChI=1S/C16H22FNO4S/c17-13-2-3-15-12(11-13)1-4-16(15)18-23(19,20)10-9-22-14-5-7-21-8-6-14/h2-3,11,14,16,18H,1,4-10H2. The number of hydrogen-bond acceptors (Lipinski definition) is 4. The fourth-order valence-corrected chi connectivity index (χ4v) is 4.26. The molecule has 0 spiro atoms. The number of hydrogen-bond donors (Lipinski definition) is 1. The van der Waals surface area contributed by atoms with E-state index in [0.717, 1.165) is 24.0 Å². The lowest BCUT2D eigenvalue weighted by Crippen LogP contribution is -2.32. The molecule has 1 N–H and O–H groups in total. The van der Waals surface area contributed by atoms with Crippen molar-refractivity contribution in [2.24, 2.45) is 0 Å². The first-order valence-electron chi connectivity index (χ1n) is 8.01. The van der Waals surface area contributed by atoms with Crippen molar-refractivity contribution in [2.75, 3.05) is 25.6 Å². The van der Waals surface area contributed by atoms with E-state index >= 15 is 0 Å². The lowest BCUT2D eigenvalue weighted by atomic mass is 10.1. The molecular formula is C16H22FNO4S. The molecule has 23 heavy (non-hydrogen) atoms. The Kier molecular flexibility index (Phi) is 5.31. The summed E-state index contributed by atoms with van der Waals surface area (Å²) in [6.45, 7) is 1.53. The molecule has 1 fully saturated rings. The first-order chi connectivity index (χ1) is 11.0. The van der Waals surface area contributed by atoms with E-state index in [0.29, 0.717) is 26.1 Å². The van der Waals surface area contributed by atoms with Gasteiger partial charge in [0.1, 0.15) is 5.82 Å². The fraction of sp³-hybridized carbons (Fsp3) is 0.625. The van der Waals surface area contributed by atoms with Crippen LogP contribution in [0.3, 0.4) is 0 Å². The Morgan fingerprint density at radius 2 is 2.04 bits per heavy atom. The van der Waals surface area contributed by atoms with Gasteiger partial charge >= 0.3 is 0 Å². The molecule has 1 atom stereocenters. The first-order valence-corrected chi connectivity index (χ1v) is 9.66. The molecule has 3 rings (SSSR count). The molecule has 2 aliphatic rings. The lowest BCUT2D eigenvalue weighted by molar-refractivity contribution is -0.0267. The van der Waals surface area contributed by atoms with Crippen molar-refractivity contribution in [1.82, 2.24) is 4.72 Å². The van der Waals surface area contributed by atoms with Crippen LogP contribution in [-0.2, 0) is 25.9 Å². The Morgan fingerprint density at radius 3 is 2.83 bits per heavy atom. The molecule has 0 radical (unpaired) electrons. The van der Waals surface area contributed by atoms with Gasteiger partial charge in [-0.2, -0.15) is 0 Å². The Labute approximate surface area is 136 Å². The monoisotopic (exact) mass is 343 g/mol. The zero-order valence-electron chi connectivity index (χ0n) is 13.0. The second-order valence-corrected chi connectivity index (χ2v) is 7.93. The molecule has 1 aromatic rings. The molecule has 0 bridgehead atoms. The van der Waals surface area contributed by atoms with Crippen molar-refractivity contribution >= 4 is 10.0 Å². The second kappa shape index (κ2) is 7.25. The maximum atomic E-state index is 13.2. The number of fused-ring (bicyclic) bond motifs is 1. The predicted octanol–water partition coefficient (Wildman–Crippen LogP) is 1.93. The minimum Gasteiger partial charge on any atom is -0.381 e. The third-order valence-electron chi connectivity index (χ3n) is 4.38. The van der Waals surface area contributed by atoms with Crippen LogP contribution in [0.5, 0.6) is 0 Å². The molecule has 128 valence electrons. The highest BCUT2D eigenvalue weighted by Crippen LogP contribution is 2.32. The number of rotatable bonds is 6. The minimum absolute atomic E-state index is 0.0581. The molecule has 1 aliphatic heterocycles. The predicted molar refractivity (Wildman–Crippen MR) is 84.2 cm³/mol. The normalized spacial score (nSPS) is 22.2. The Hall–Kier alpha value is -1.02. The highest BCUT2D eigenvalue weighted by atomic mass is 32.2. The van der Waals surface area contributed by atoms with Gasteiger partial charge in [-0.25, -0.2) is 17.5 Å². The molecule has 1 saturated heterocycles. The summed E-state index contributed by atoms with van der Waals surface area (Å²) in [7, 11) is -3.42. The zero-order chi connectivity index (χ0) is 16.3. The van der Waals surface area contributed by atoms with E-state index in [1.807, 2.05) is 0 Å². The lowest BCUT2D eigenvalue weighted by Gasteiger charge is -2.22. The van der Waals surface area contributed by atoms with E-state index in [9.17, 15) is 12.8 Å². The van der Waals surface area contributed by atoms with Crippen molar-refractivity contribution in [3.63, 3.8) is 0 Å². The molecule has 7 heteroatoms. The second-order valence-electron chi connectivity index (χ2n) is 6.05. The third-order valence-corrected chi connectivity index (χ3v) is 5.73. The maximum absolute atomic E-state index is 13.2. The summed E-state index contributed by atoms with van der Waals surface area (Å²) in [6.07, 6.45) is 3.08. The molecule has 1 heterocycles. The highest BCUT2D eigenvalue weighted by molar-refractivity contribution is 7.89. The summed E-state index contributed by atoms with van der Waals surface area (Å²) in [4.78, 5) is 0. The van der Waals surface area contributed by atoms with Crippen LogP contribution in [0.25, 0.3) is 0 Å². The summed E-state index contributed by atoms with van der Waals surface area (Å²) in [5.74, 6) is -0.339. The summed E-state index contributed by atoms with van der Waals surface area (Å²) in [5.41, 5.74) is 1.76. The van der Waals surface area contributed by atoms with Gasteiger partial charge in [0.2, 0.25) is 10.0 Å². The smallest absolute Gasteiger partial charge is 0.214 e. The Bertz CT molecular complexity index is 643. The number of aryl methyl sites for hydroxylation is 1. The molecule has 1 aromatic carbocycles. The van der Waals surface area contributed by atoms with E-state index in [-0.39, 0.29) is 30.3 Å². The number of nitrogens with one attached hydrogen (secondary N) is 1. The van der Waals surface area contributed by atoms with E-state index < -0.39 is 10.0 Å². The van der Waals surface area contributed by atoms with Crippen LogP contribution in [0.4, 0.5) is 4.39 Å². The van der Waals surface area contributed by atoms with Crippen LogP contribution in [0.1, 0.15) is 36.4 Å². The van der Waals surface area contributed by atoms with Crippen LogP contribution < -0.4 is 4.72 Å². The minimum atomic E-state index is -3.42. The van der Waals surface area contributed by atoms with Crippen LogP contribution in [-0.4, -0.2) is 40.1 Å². The van der Waals surface area contributed by atoms with Crippen molar-refractivity contribution in [3.05, 3.63) is 35.1 Å². The van der Waals surface area contributed by atoms with Crippen LogP contribution in [0, 0.1) is 5.82 Å². The molecular weight excluding hydrogens is 321 g/mol. The van der Waals surface area contributed by atoms with Crippen LogP contribution in [0.2, 0.25) is 0 Å². The van der Waals surface area contributed by atoms with Gasteiger partial charge in [0.25, 0.3) is 0 Å². The molecule has 5 nitrogen and oxygen atoms in total. The number of sulfonamides is 1. The summed E-state index contributed by atoms with van der Waals surface area (Å²) in [5, 5.41) is 0. The molecule has 1 unspecified atom stereocenters. The molecule has 1 aliphatic carbocycles. The van der Waals surface area contributed by atoms with Crippen LogP contribution in [0.15, 0.2) is 18.2 Å². The molecule has 0 aromatic heterocycles. The van der Waals surface area contributed by atoms with Crippen molar-refractivity contribution in [2.45, 2.75) is 37.8 Å². The first kappa shape index (κ1) is 16.8. The largest absolute Gasteiger partial charge is 0.381 e. The topological polar surface area (TPSA) is 64.6 Å². The highest BCUT2D eigenvalue weighted by Gasteiger charge is 2.27. The summed E-state index contributed by atoms with van der Waals surface area (Å²) in [6, 6.07) is 4.26. The average Bonchev–Trinajstić information content (AvgIpc) is 2.89. The zero-order valence-corrected chi connectivity index (χ0v) is 13.8. The van der Waals surface area contributed by atoms with Crippen molar-refractivity contribution in [3.8, 4) is 0 Å². The molecule has 0 amide bonds.